The molecule has 6 nitrogen and oxygen atoms in total. The van der Waals surface area contributed by atoms with Crippen molar-refractivity contribution >= 4 is 27.3 Å². The Bertz CT molecular complexity index is 1220. The van der Waals surface area contributed by atoms with Crippen molar-refractivity contribution in [2.24, 2.45) is 0 Å². The third-order valence-corrected chi connectivity index (χ3v) is 6.96. The number of carbonyl (C=O) groups excluding carboxylic acids is 1. The molecule has 7 heteroatoms. The van der Waals surface area contributed by atoms with Crippen molar-refractivity contribution in [3.05, 3.63) is 82.9 Å². The zero-order valence-corrected chi connectivity index (χ0v) is 19.1. The minimum atomic E-state index is -3.81. The number of rotatable bonds is 6. The van der Waals surface area contributed by atoms with Crippen molar-refractivity contribution in [1.82, 2.24) is 0 Å². The molecule has 0 aromatic heterocycles. The van der Waals surface area contributed by atoms with E-state index >= 15 is 0 Å². The van der Waals surface area contributed by atoms with E-state index in [1.807, 2.05) is 39.0 Å². The molecule has 1 amide bonds. The fourth-order valence-corrected chi connectivity index (χ4v) is 4.44. The standard InChI is InChI=1S/C24H26N2O4S/c1-16-6-7-17(2)22(14-16)25-24(27)19-9-8-18(3)23(15-19)26(4)31(28,29)21-12-10-20(30-5)11-13-21/h6-15H,1-5H3,(H,25,27). The van der Waals surface area contributed by atoms with Gasteiger partial charge < -0.3 is 10.1 Å². The van der Waals surface area contributed by atoms with Gasteiger partial charge in [0.15, 0.2) is 0 Å². The number of nitrogens with one attached hydrogen (secondary N) is 1. The summed E-state index contributed by atoms with van der Waals surface area (Å²) in [5.41, 5.74) is 4.26. The van der Waals surface area contributed by atoms with Crippen molar-refractivity contribution < 1.29 is 17.9 Å². The van der Waals surface area contributed by atoms with Gasteiger partial charge in [-0.2, -0.15) is 0 Å². The molecule has 162 valence electrons. The van der Waals surface area contributed by atoms with Gasteiger partial charge in [0, 0.05) is 18.3 Å². The number of hydrogen-bond acceptors (Lipinski definition) is 4. The van der Waals surface area contributed by atoms with Crippen LogP contribution in [-0.2, 0) is 10.0 Å². The maximum absolute atomic E-state index is 13.1. The van der Waals surface area contributed by atoms with Crippen molar-refractivity contribution in [1.29, 1.82) is 0 Å². The van der Waals surface area contributed by atoms with Gasteiger partial charge in [-0.25, -0.2) is 8.42 Å². The second-order valence-electron chi connectivity index (χ2n) is 7.42. The number of anilines is 2. The molecular formula is C24H26N2O4S. The van der Waals surface area contributed by atoms with Crippen LogP contribution in [0, 0.1) is 20.8 Å². The van der Waals surface area contributed by atoms with Gasteiger partial charge in [0.1, 0.15) is 5.75 Å². The van der Waals surface area contributed by atoms with Crippen LogP contribution in [0.15, 0.2) is 65.6 Å². The first-order valence-corrected chi connectivity index (χ1v) is 11.2. The Balaban J connectivity index is 1.92. The third kappa shape index (κ3) is 4.72. The molecule has 0 spiro atoms. The molecule has 0 saturated carbocycles. The van der Waals surface area contributed by atoms with Gasteiger partial charge in [-0.3, -0.25) is 9.10 Å². The Morgan fingerprint density at radius 2 is 1.55 bits per heavy atom. The van der Waals surface area contributed by atoms with Crippen LogP contribution in [0.25, 0.3) is 0 Å². The molecule has 3 aromatic rings. The van der Waals surface area contributed by atoms with Crippen molar-refractivity contribution in [2.45, 2.75) is 25.7 Å². The maximum atomic E-state index is 13.1. The highest BCUT2D eigenvalue weighted by Gasteiger charge is 2.23. The summed E-state index contributed by atoms with van der Waals surface area (Å²) in [6.07, 6.45) is 0. The average Bonchev–Trinajstić information content (AvgIpc) is 2.76. The molecule has 1 N–H and O–H groups in total. The second-order valence-corrected chi connectivity index (χ2v) is 9.39. The lowest BCUT2D eigenvalue weighted by molar-refractivity contribution is 0.102. The van der Waals surface area contributed by atoms with Gasteiger partial charge in [0.05, 0.1) is 17.7 Å². The van der Waals surface area contributed by atoms with Crippen molar-refractivity contribution in [3.63, 3.8) is 0 Å². The predicted molar refractivity (Wildman–Crippen MR) is 124 cm³/mol. The number of ether oxygens (including phenoxy) is 1. The smallest absolute Gasteiger partial charge is 0.264 e. The Hall–Kier alpha value is -3.32. The summed E-state index contributed by atoms with van der Waals surface area (Å²) < 4.78 is 32.5. The fourth-order valence-electron chi connectivity index (χ4n) is 3.19. The Morgan fingerprint density at radius 1 is 0.903 bits per heavy atom. The molecule has 0 heterocycles. The van der Waals surface area contributed by atoms with Crippen LogP contribution in [-0.4, -0.2) is 28.5 Å². The number of hydrogen-bond donors (Lipinski definition) is 1. The van der Waals surface area contributed by atoms with E-state index in [0.29, 0.717) is 17.0 Å². The predicted octanol–water partition coefficient (Wildman–Crippen LogP) is 4.70. The van der Waals surface area contributed by atoms with E-state index in [0.717, 1.165) is 22.4 Å². The fraction of sp³-hybridized carbons (Fsp3) is 0.208. The van der Waals surface area contributed by atoms with Crippen molar-refractivity contribution in [3.8, 4) is 5.75 Å². The average molecular weight is 439 g/mol. The molecular weight excluding hydrogens is 412 g/mol. The van der Waals surface area contributed by atoms with E-state index < -0.39 is 10.0 Å². The van der Waals surface area contributed by atoms with Crippen LogP contribution in [0.2, 0.25) is 0 Å². The zero-order chi connectivity index (χ0) is 22.8. The van der Waals surface area contributed by atoms with Gasteiger partial charge in [-0.1, -0.05) is 18.2 Å². The largest absolute Gasteiger partial charge is 0.497 e. The minimum Gasteiger partial charge on any atom is -0.497 e. The first-order chi connectivity index (χ1) is 14.6. The molecule has 0 unspecified atom stereocenters. The van der Waals surface area contributed by atoms with Gasteiger partial charge in [0.25, 0.3) is 15.9 Å². The van der Waals surface area contributed by atoms with Crippen LogP contribution in [0.1, 0.15) is 27.0 Å². The van der Waals surface area contributed by atoms with Gasteiger partial charge in [0.2, 0.25) is 0 Å². The SMILES string of the molecule is COc1ccc(S(=O)(=O)N(C)c2cc(C(=O)Nc3cc(C)ccc3C)ccc2C)cc1. The number of amides is 1. The number of benzene rings is 3. The van der Waals surface area contributed by atoms with E-state index in [1.54, 1.807) is 30.3 Å². The molecule has 0 aliphatic carbocycles. The van der Waals surface area contributed by atoms with Crippen molar-refractivity contribution in [2.75, 3.05) is 23.8 Å². The molecule has 0 aliphatic heterocycles. The normalized spacial score (nSPS) is 11.1. The number of aryl methyl sites for hydroxylation is 3. The Labute approximate surface area is 183 Å². The highest BCUT2D eigenvalue weighted by Crippen LogP contribution is 2.28. The lowest BCUT2D eigenvalue weighted by Crippen LogP contribution is -2.27. The summed E-state index contributed by atoms with van der Waals surface area (Å²) in [6.45, 7) is 5.69. The minimum absolute atomic E-state index is 0.139. The molecule has 3 aromatic carbocycles. The highest BCUT2D eigenvalue weighted by atomic mass is 32.2. The molecule has 0 bridgehead atoms. The van der Waals surface area contributed by atoms with E-state index in [-0.39, 0.29) is 10.8 Å². The quantitative estimate of drug-likeness (QED) is 0.605. The first kappa shape index (κ1) is 22.4. The lowest BCUT2D eigenvalue weighted by atomic mass is 10.1. The number of methoxy groups -OCH3 is 1. The molecule has 0 aliphatic rings. The summed E-state index contributed by atoms with van der Waals surface area (Å²) in [5, 5.41) is 2.92. The highest BCUT2D eigenvalue weighted by molar-refractivity contribution is 7.92. The Morgan fingerprint density at radius 3 is 2.19 bits per heavy atom. The molecule has 0 fully saturated rings. The van der Waals surface area contributed by atoms with E-state index in [1.165, 1.54) is 30.6 Å². The summed E-state index contributed by atoms with van der Waals surface area (Å²) in [6, 6.07) is 17.0. The Kier molecular flexibility index (Phi) is 6.36. The third-order valence-electron chi connectivity index (χ3n) is 5.17. The molecule has 3 rings (SSSR count). The van der Waals surface area contributed by atoms with Gasteiger partial charge in [-0.15, -0.1) is 0 Å². The van der Waals surface area contributed by atoms with Crippen LogP contribution >= 0.6 is 0 Å². The monoisotopic (exact) mass is 438 g/mol. The topological polar surface area (TPSA) is 75.7 Å². The van der Waals surface area contributed by atoms with Gasteiger partial charge >= 0.3 is 0 Å². The summed E-state index contributed by atoms with van der Waals surface area (Å²) in [7, 11) is -0.805. The maximum Gasteiger partial charge on any atom is 0.264 e. The number of carbonyl (C=O) groups is 1. The van der Waals surface area contributed by atoms with E-state index in [2.05, 4.69) is 5.32 Å². The van der Waals surface area contributed by atoms with Crippen LogP contribution in [0.3, 0.4) is 0 Å². The first-order valence-electron chi connectivity index (χ1n) is 9.75. The lowest BCUT2D eigenvalue weighted by Gasteiger charge is -2.22. The molecule has 0 radical (unpaired) electrons. The van der Waals surface area contributed by atoms with Crippen LogP contribution < -0.4 is 14.4 Å². The molecule has 0 saturated heterocycles. The van der Waals surface area contributed by atoms with E-state index in [9.17, 15) is 13.2 Å². The van der Waals surface area contributed by atoms with Crippen LogP contribution in [0.5, 0.6) is 5.75 Å². The second kappa shape index (κ2) is 8.81. The number of nitrogens with zero attached hydrogens (tertiary/aromatic N) is 1. The van der Waals surface area contributed by atoms with E-state index in [4.69, 9.17) is 4.74 Å². The van der Waals surface area contributed by atoms with Gasteiger partial charge in [-0.05, 0) is 79.9 Å². The number of sulfonamides is 1. The summed E-state index contributed by atoms with van der Waals surface area (Å²) in [4.78, 5) is 13.0. The van der Waals surface area contributed by atoms with Crippen LogP contribution in [0.4, 0.5) is 11.4 Å². The summed E-state index contributed by atoms with van der Waals surface area (Å²) in [5.74, 6) is 0.271. The summed E-state index contributed by atoms with van der Waals surface area (Å²) >= 11 is 0. The zero-order valence-electron chi connectivity index (χ0n) is 18.3. The molecule has 0 atom stereocenters. The molecule has 31 heavy (non-hydrogen) atoms.